The van der Waals surface area contributed by atoms with Gasteiger partial charge in [-0.2, -0.15) is 0 Å². The minimum absolute atomic E-state index is 0.0789. The van der Waals surface area contributed by atoms with E-state index in [9.17, 15) is 19.5 Å². The van der Waals surface area contributed by atoms with Crippen molar-refractivity contribution in [1.29, 1.82) is 0 Å². The maximum absolute atomic E-state index is 12.8. The number of carboxylic acids is 1. The van der Waals surface area contributed by atoms with Crippen LogP contribution < -0.4 is 5.32 Å². The molecule has 1 heterocycles. The van der Waals surface area contributed by atoms with Crippen LogP contribution in [0.2, 0.25) is 0 Å². The van der Waals surface area contributed by atoms with E-state index in [1.807, 2.05) is 48.5 Å². The zero-order valence-electron chi connectivity index (χ0n) is 19.1. The fourth-order valence-corrected chi connectivity index (χ4v) is 4.22. The number of rotatable bonds is 7. The Hall–Kier alpha value is -4.14. The van der Waals surface area contributed by atoms with Gasteiger partial charge in [-0.25, -0.2) is 9.59 Å². The maximum atomic E-state index is 12.8. The molecule has 0 radical (unpaired) electrons. The fourth-order valence-electron chi connectivity index (χ4n) is 4.22. The summed E-state index contributed by atoms with van der Waals surface area (Å²) < 4.78 is 10.5. The minimum atomic E-state index is -1.44. The van der Waals surface area contributed by atoms with E-state index in [1.54, 1.807) is 6.92 Å². The average Bonchev–Trinajstić information content (AvgIpc) is 3.40. The van der Waals surface area contributed by atoms with Crippen molar-refractivity contribution in [2.75, 3.05) is 18.5 Å². The number of carboxylic acid groups (broad SMARTS) is 1. The molecule has 2 amide bonds. The van der Waals surface area contributed by atoms with Crippen molar-refractivity contribution in [1.82, 2.24) is 10.1 Å². The minimum Gasteiger partial charge on any atom is -0.480 e. The van der Waals surface area contributed by atoms with Gasteiger partial charge in [-0.3, -0.25) is 10.1 Å². The van der Waals surface area contributed by atoms with Crippen molar-refractivity contribution in [3.8, 4) is 11.1 Å². The summed E-state index contributed by atoms with van der Waals surface area (Å²) in [5.74, 6) is -1.95. The largest absolute Gasteiger partial charge is 0.480 e. The van der Waals surface area contributed by atoms with Crippen molar-refractivity contribution in [2.24, 2.45) is 0 Å². The highest BCUT2D eigenvalue weighted by molar-refractivity contribution is 5.97. The first-order valence-corrected chi connectivity index (χ1v) is 10.9. The molecule has 0 spiro atoms. The summed E-state index contributed by atoms with van der Waals surface area (Å²) in [6.07, 6.45) is -0.754. The summed E-state index contributed by atoms with van der Waals surface area (Å²) in [7, 11) is 0. The molecule has 0 fully saturated rings. The number of fused-ring (bicyclic) bond motifs is 3. The van der Waals surface area contributed by atoms with E-state index in [0.717, 1.165) is 27.2 Å². The molecule has 0 unspecified atom stereocenters. The molecule has 0 aliphatic heterocycles. The fraction of sp³-hybridized carbons (Fsp3) is 0.280. The lowest BCUT2D eigenvalue weighted by molar-refractivity contribution is -0.147. The van der Waals surface area contributed by atoms with E-state index < -0.39 is 23.5 Å². The second kappa shape index (κ2) is 9.01. The number of carbonyl (C=O) groups excluding carboxylic acids is 2. The highest BCUT2D eigenvalue weighted by Crippen LogP contribution is 2.44. The van der Waals surface area contributed by atoms with Crippen molar-refractivity contribution in [3.05, 3.63) is 71.4 Å². The van der Waals surface area contributed by atoms with Crippen molar-refractivity contribution < 1.29 is 28.8 Å². The first-order chi connectivity index (χ1) is 16.2. The Morgan fingerprint density at radius 2 is 1.68 bits per heavy atom. The third kappa shape index (κ3) is 4.12. The van der Waals surface area contributed by atoms with E-state index in [-0.39, 0.29) is 30.6 Å². The number of likely N-dealkylation sites (N-methyl/N-ethyl adjacent to an activating group) is 1. The van der Waals surface area contributed by atoms with Crippen LogP contribution in [0.25, 0.3) is 11.1 Å². The van der Waals surface area contributed by atoms with Crippen molar-refractivity contribution in [3.63, 3.8) is 0 Å². The van der Waals surface area contributed by atoms with E-state index in [0.29, 0.717) is 0 Å². The average molecular weight is 463 g/mol. The molecular formula is C25H25N3O6. The van der Waals surface area contributed by atoms with Crippen LogP contribution in [0.1, 0.15) is 48.3 Å². The molecule has 2 N–H and O–H groups in total. The van der Waals surface area contributed by atoms with E-state index >= 15 is 0 Å². The summed E-state index contributed by atoms with van der Waals surface area (Å²) in [5, 5.41) is 15.5. The standard InChI is InChI=1S/C25H25N3O6/c1-4-28(25(2,3)23(30)31)22(29)20-13-21(34-27-20)26-24(32)33-14-19-17-11-7-5-9-15(17)16-10-6-8-12-18(16)19/h5-13,19H,4,14H2,1-3H3,(H,26,32)(H,30,31). The first-order valence-electron chi connectivity index (χ1n) is 10.9. The lowest BCUT2D eigenvalue weighted by atomic mass is 9.98. The van der Waals surface area contributed by atoms with Crippen molar-refractivity contribution in [2.45, 2.75) is 32.2 Å². The molecule has 1 aliphatic carbocycles. The number of nitrogens with one attached hydrogen (secondary N) is 1. The SMILES string of the molecule is CCN(C(=O)c1cc(NC(=O)OCC2c3ccccc3-c3ccccc32)on1)C(C)(C)C(=O)O. The Labute approximate surface area is 196 Å². The quantitative estimate of drug-likeness (QED) is 0.534. The number of hydrogen-bond donors (Lipinski definition) is 2. The van der Waals surface area contributed by atoms with Crippen molar-refractivity contribution >= 4 is 23.9 Å². The van der Waals surface area contributed by atoms with Gasteiger partial charge in [0, 0.05) is 18.5 Å². The summed E-state index contributed by atoms with van der Waals surface area (Å²) >= 11 is 0. The van der Waals surface area contributed by atoms with Gasteiger partial charge in [0.1, 0.15) is 12.1 Å². The molecular weight excluding hydrogens is 438 g/mol. The van der Waals surface area contributed by atoms with Gasteiger partial charge in [0.05, 0.1) is 0 Å². The van der Waals surface area contributed by atoms with Crippen LogP contribution in [0, 0.1) is 0 Å². The van der Waals surface area contributed by atoms with Crippen LogP contribution in [0.4, 0.5) is 10.7 Å². The molecule has 3 aromatic rings. The number of amides is 2. The highest BCUT2D eigenvalue weighted by Gasteiger charge is 2.38. The lowest BCUT2D eigenvalue weighted by Gasteiger charge is -2.33. The number of aliphatic carboxylic acids is 1. The summed E-state index contributed by atoms with van der Waals surface area (Å²) in [4.78, 5) is 37.9. The number of benzene rings is 2. The zero-order valence-corrected chi connectivity index (χ0v) is 19.1. The molecule has 9 nitrogen and oxygen atoms in total. The normalized spacial score (nSPS) is 12.6. The van der Waals surface area contributed by atoms with Crippen LogP contribution in [-0.2, 0) is 9.53 Å². The lowest BCUT2D eigenvalue weighted by Crippen LogP contribution is -2.53. The number of nitrogens with zero attached hydrogens (tertiary/aromatic N) is 2. The van der Waals surface area contributed by atoms with Gasteiger partial charge in [-0.1, -0.05) is 53.7 Å². The topological polar surface area (TPSA) is 122 Å². The summed E-state index contributed by atoms with van der Waals surface area (Å²) in [6.45, 7) is 4.79. The van der Waals surface area contributed by atoms with Gasteiger partial charge in [0.2, 0.25) is 5.88 Å². The third-order valence-corrected chi connectivity index (χ3v) is 6.06. The third-order valence-electron chi connectivity index (χ3n) is 6.06. The molecule has 0 bridgehead atoms. The van der Waals surface area contributed by atoms with Gasteiger partial charge in [-0.15, -0.1) is 0 Å². The molecule has 0 saturated heterocycles. The monoisotopic (exact) mass is 463 g/mol. The number of aromatic nitrogens is 1. The van der Waals surface area contributed by atoms with Crippen LogP contribution in [-0.4, -0.2) is 51.8 Å². The Balaban J connectivity index is 1.42. The molecule has 176 valence electrons. The summed E-state index contributed by atoms with van der Waals surface area (Å²) in [6, 6.07) is 17.2. The summed E-state index contributed by atoms with van der Waals surface area (Å²) in [5.41, 5.74) is 2.86. The van der Waals surface area contributed by atoms with Crippen LogP contribution in [0.15, 0.2) is 59.1 Å². The number of ether oxygens (including phenoxy) is 1. The molecule has 2 aromatic carbocycles. The molecule has 9 heteroatoms. The van der Waals surface area contributed by atoms with E-state index in [4.69, 9.17) is 9.26 Å². The van der Waals surface area contributed by atoms with Gasteiger partial charge >= 0.3 is 12.1 Å². The smallest absolute Gasteiger partial charge is 0.414 e. The highest BCUT2D eigenvalue weighted by atomic mass is 16.6. The maximum Gasteiger partial charge on any atom is 0.414 e. The van der Waals surface area contributed by atoms with Gasteiger partial charge in [-0.05, 0) is 43.0 Å². The molecule has 0 atom stereocenters. The van der Waals surface area contributed by atoms with Gasteiger partial charge in [0.15, 0.2) is 5.69 Å². The first kappa shape index (κ1) is 23.0. The molecule has 34 heavy (non-hydrogen) atoms. The van der Waals surface area contributed by atoms with Gasteiger partial charge < -0.3 is 19.3 Å². The number of carbonyl (C=O) groups is 3. The second-order valence-corrected chi connectivity index (χ2v) is 8.44. The Bertz CT molecular complexity index is 1200. The number of anilines is 1. The molecule has 1 aliphatic rings. The molecule has 1 aromatic heterocycles. The second-order valence-electron chi connectivity index (χ2n) is 8.44. The van der Waals surface area contributed by atoms with Crippen LogP contribution in [0.3, 0.4) is 0 Å². The number of hydrogen-bond acceptors (Lipinski definition) is 6. The molecule has 0 saturated carbocycles. The Kier molecular flexibility index (Phi) is 6.10. The van der Waals surface area contributed by atoms with E-state index in [2.05, 4.69) is 10.5 Å². The predicted molar refractivity (Wildman–Crippen MR) is 124 cm³/mol. The van der Waals surface area contributed by atoms with E-state index in [1.165, 1.54) is 19.9 Å². The Morgan fingerprint density at radius 1 is 1.09 bits per heavy atom. The Morgan fingerprint density at radius 3 is 2.24 bits per heavy atom. The molecule has 4 rings (SSSR count). The van der Waals surface area contributed by atoms with Crippen LogP contribution in [0.5, 0.6) is 0 Å². The predicted octanol–water partition coefficient (Wildman–Crippen LogP) is 4.36. The van der Waals surface area contributed by atoms with Gasteiger partial charge in [0.25, 0.3) is 5.91 Å². The van der Waals surface area contributed by atoms with Crippen LogP contribution >= 0.6 is 0 Å². The zero-order chi connectivity index (χ0) is 24.5.